The van der Waals surface area contributed by atoms with E-state index < -0.39 is 12.0 Å². The number of nitrogens with zero attached hydrogens (tertiary/aromatic N) is 1. The average molecular weight is 238 g/mol. The zero-order valence-corrected chi connectivity index (χ0v) is 10.1. The molecule has 5 nitrogen and oxygen atoms in total. The number of carboxylic acid groups (broad SMARTS) is 1. The maximum atomic E-state index is 10.7. The van der Waals surface area contributed by atoms with E-state index in [-0.39, 0.29) is 0 Å². The van der Waals surface area contributed by atoms with Gasteiger partial charge in [0.15, 0.2) is 0 Å². The molecule has 1 rings (SSSR count). The first-order chi connectivity index (χ1) is 8.00. The molecule has 0 aliphatic heterocycles. The van der Waals surface area contributed by atoms with Crippen LogP contribution >= 0.6 is 0 Å². The molecule has 0 heterocycles. The highest BCUT2D eigenvalue weighted by Gasteiger charge is 2.14. The number of hydrogen-bond donors (Lipinski definition) is 2. The first-order valence-electron chi connectivity index (χ1n) is 5.36. The van der Waals surface area contributed by atoms with Crippen LogP contribution in [0.1, 0.15) is 11.6 Å². The minimum atomic E-state index is -1.05. The van der Waals surface area contributed by atoms with Crippen LogP contribution in [0.25, 0.3) is 0 Å². The van der Waals surface area contributed by atoms with Gasteiger partial charge in [0.05, 0.1) is 0 Å². The van der Waals surface area contributed by atoms with E-state index in [1.54, 1.807) is 24.3 Å². The molecule has 17 heavy (non-hydrogen) atoms. The Balaban J connectivity index is 2.63. The van der Waals surface area contributed by atoms with Gasteiger partial charge in [-0.05, 0) is 31.8 Å². The molecule has 1 aromatic rings. The van der Waals surface area contributed by atoms with Crippen LogP contribution in [0, 0.1) is 0 Å². The summed E-state index contributed by atoms with van der Waals surface area (Å²) in [6.07, 6.45) is 0. The number of hydrogen-bond acceptors (Lipinski definition) is 4. The molecule has 0 aliphatic carbocycles. The maximum absolute atomic E-state index is 10.7. The van der Waals surface area contributed by atoms with Gasteiger partial charge in [0, 0.05) is 6.54 Å². The predicted molar refractivity (Wildman–Crippen MR) is 65.1 cm³/mol. The lowest BCUT2D eigenvalue weighted by Gasteiger charge is -2.12. The van der Waals surface area contributed by atoms with Gasteiger partial charge in [0.2, 0.25) is 0 Å². The standard InChI is InChI=1S/C12H18N2O3/c1-14(2)6-7-17-10-5-3-4-9(8-10)11(13)12(15)16/h3-5,8,11H,6-7,13H2,1-2H3,(H,15,16). The molecule has 0 radical (unpaired) electrons. The van der Waals surface area contributed by atoms with Crippen molar-refractivity contribution >= 4 is 5.97 Å². The Morgan fingerprint density at radius 3 is 2.82 bits per heavy atom. The lowest BCUT2D eigenvalue weighted by molar-refractivity contribution is -0.138. The molecule has 0 aromatic heterocycles. The molecule has 94 valence electrons. The van der Waals surface area contributed by atoms with Gasteiger partial charge in [-0.25, -0.2) is 0 Å². The van der Waals surface area contributed by atoms with Gasteiger partial charge in [-0.3, -0.25) is 4.79 Å². The van der Waals surface area contributed by atoms with Crippen LogP contribution in [0.4, 0.5) is 0 Å². The van der Waals surface area contributed by atoms with Gasteiger partial charge in [0.25, 0.3) is 0 Å². The summed E-state index contributed by atoms with van der Waals surface area (Å²) in [5.41, 5.74) is 6.06. The van der Waals surface area contributed by atoms with Crippen molar-refractivity contribution in [2.45, 2.75) is 6.04 Å². The third kappa shape index (κ3) is 4.42. The Bertz CT molecular complexity index is 380. The van der Waals surface area contributed by atoms with Crippen molar-refractivity contribution in [2.24, 2.45) is 5.73 Å². The zero-order chi connectivity index (χ0) is 12.8. The zero-order valence-electron chi connectivity index (χ0n) is 10.1. The molecule has 3 N–H and O–H groups in total. The van der Waals surface area contributed by atoms with Crippen LogP contribution in [0.15, 0.2) is 24.3 Å². The number of rotatable bonds is 6. The predicted octanol–water partition coefficient (Wildman–Crippen LogP) is 0.711. The van der Waals surface area contributed by atoms with Crippen molar-refractivity contribution in [1.29, 1.82) is 0 Å². The molecule has 0 spiro atoms. The summed E-state index contributed by atoms with van der Waals surface area (Å²) in [6.45, 7) is 1.36. The van der Waals surface area contributed by atoms with Gasteiger partial charge in [-0.15, -0.1) is 0 Å². The second-order valence-electron chi connectivity index (χ2n) is 4.04. The van der Waals surface area contributed by atoms with Crippen LogP contribution in [-0.2, 0) is 4.79 Å². The largest absolute Gasteiger partial charge is 0.492 e. The van der Waals surface area contributed by atoms with Crippen LogP contribution in [0.5, 0.6) is 5.75 Å². The van der Waals surface area contributed by atoms with Gasteiger partial charge >= 0.3 is 5.97 Å². The van der Waals surface area contributed by atoms with Crippen molar-refractivity contribution in [3.05, 3.63) is 29.8 Å². The van der Waals surface area contributed by atoms with E-state index in [2.05, 4.69) is 0 Å². The van der Waals surface area contributed by atoms with Crippen molar-refractivity contribution in [2.75, 3.05) is 27.2 Å². The van der Waals surface area contributed by atoms with Gasteiger partial charge in [0.1, 0.15) is 18.4 Å². The monoisotopic (exact) mass is 238 g/mol. The summed E-state index contributed by atoms with van der Waals surface area (Å²) in [5, 5.41) is 8.80. The number of likely N-dealkylation sites (N-methyl/N-ethyl adjacent to an activating group) is 1. The van der Waals surface area contributed by atoms with E-state index >= 15 is 0 Å². The molecular weight excluding hydrogens is 220 g/mol. The molecule has 0 bridgehead atoms. The van der Waals surface area contributed by atoms with Gasteiger partial charge in [-0.1, -0.05) is 12.1 Å². The van der Waals surface area contributed by atoms with Crippen LogP contribution in [0.2, 0.25) is 0 Å². The molecule has 1 atom stereocenters. The number of carbonyl (C=O) groups is 1. The van der Waals surface area contributed by atoms with E-state index in [1.165, 1.54) is 0 Å². The van der Waals surface area contributed by atoms with E-state index in [9.17, 15) is 4.79 Å². The fourth-order valence-electron chi connectivity index (χ4n) is 1.29. The van der Waals surface area contributed by atoms with Crippen molar-refractivity contribution < 1.29 is 14.6 Å². The van der Waals surface area contributed by atoms with Crippen molar-refractivity contribution in [3.8, 4) is 5.75 Å². The molecule has 0 aliphatic rings. The average Bonchev–Trinajstić information content (AvgIpc) is 2.28. The summed E-state index contributed by atoms with van der Waals surface area (Å²) in [7, 11) is 3.92. The summed E-state index contributed by atoms with van der Waals surface area (Å²) < 4.78 is 5.50. The molecule has 0 saturated heterocycles. The Morgan fingerprint density at radius 1 is 1.53 bits per heavy atom. The topological polar surface area (TPSA) is 75.8 Å². The SMILES string of the molecule is CN(C)CCOc1cccc(C(N)C(=O)O)c1. The van der Waals surface area contributed by atoms with E-state index in [0.29, 0.717) is 17.9 Å². The summed E-state index contributed by atoms with van der Waals surface area (Å²) >= 11 is 0. The fraction of sp³-hybridized carbons (Fsp3) is 0.417. The molecule has 1 unspecified atom stereocenters. The Hall–Kier alpha value is -1.59. The number of benzene rings is 1. The van der Waals surface area contributed by atoms with E-state index in [0.717, 1.165) is 6.54 Å². The number of nitrogens with two attached hydrogens (primary N) is 1. The third-order valence-electron chi connectivity index (χ3n) is 2.29. The smallest absolute Gasteiger partial charge is 0.325 e. The van der Waals surface area contributed by atoms with Crippen LogP contribution < -0.4 is 10.5 Å². The third-order valence-corrected chi connectivity index (χ3v) is 2.29. The second-order valence-corrected chi connectivity index (χ2v) is 4.04. The molecule has 5 heteroatoms. The number of ether oxygens (including phenoxy) is 1. The highest BCUT2D eigenvalue weighted by molar-refractivity contribution is 5.75. The second kappa shape index (κ2) is 6.22. The summed E-state index contributed by atoms with van der Waals surface area (Å²) in [4.78, 5) is 12.7. The van der Waals surface area contributed by atoms with E-state index in [4.69, 9.17) is 15.6 Å². The lowest BCUT2D eigenvalue weighted by atomic mass is 10.1. The number of carboxylic acids is 1. The molecule has 0 saturated carbocycles. The first kappa shape index (κ1) is 13.5. The summed E-state index contributed by atoms with van der Waals surface area (Å²) in [6, 6.07) is 5.86. The Morgan fingerprint density at radius 2 is 2.24 bits per heavy atom. The van der Waals surface area contributed by atoms with Gasteiger partial charge < -0.3 is 20.5 Å². The highest BCUT2D eigenvalue weighted by atomic mass is 16.5. The first-order valence-corrected chi connectivity index (χ1v) is 5.36. The van der Waals surface area contributed by atoms with Crippen molar-refractivity contribution in [1.82, 2.24) is 4.90 Å². The Kier molecular flexibility index (Phi) is 4.93. The lowest BCUT2D eigenvalue weighted by Crippen LogP contribution is -2.21. The maximum Gasteiger partial charge on any atom is 0.325 e. The fourth-order valence-corrected chi connectivity index (χ4v) is 1.29. The Labute approximate surface area is 101 Å². The minimum Gasteiger partial charge on any atom is -0.492 e. The summed E-state index contributed by atoms with van der Waals surface area (Å²) in [5.74, 6) is -0.406. The minimum absolute atomic E-state index is 0.542. The number of aliphatic carboxylic acids is 1. The van der Waals surface area contributed by atoms with Crippen LogP contribution in [0.3, 0.4) is 0 Å². The normalized spacial score (nSPS) is 12.5. The molecule has 0 amide bonds. The quantitative estimate of drug-likeness (QED) is 0.763. The van der Waals surface area contributed by atoms with Crippen molar-refractivity contribution in [3.63, 3.8) is 0 Å². The van der Waals surface area contributed by atoms with Gasteiger partial charge in [-0.2, -0.15) is 0 Å². The van der Waals surface area contributed by atoms with Crippen LogP contribution in [-0.4, -0.2) is 43.2 Å². The molecular formula is C12H18N2O3. The molecule has 1 aromatic carbocycles. The highest BCUT2D eigenvalue weighted by Crippen LogP contribution is 2.18. The molecule has 0 fully saturated rings. The van der Waals surface area contributed by atoms with E-state index in [1.807, 2.05) is 19.0 Å².